The second-order valence-electron chi connectivity index (χ2n) is 3.84. The minimum atomic E-state index is -0.0596. The van der Waals surface area contributed by atoms with E-state index < -0.39 is 0 Å². The van der Waals surface area contributed by atoms with Crippen LogP contribution in [0.4, 0.5) is 0 Å². The molecule has 0 saturated heterocycles. The summed E-state index contributed by atoms with van der Waals surface area (Å²) in [6.07, 6.45) is 3.38. The van der Waals surface area contributed by atoms with Crippen LogP contribution in [0.2, 0.25) is 0 Å². The minimum absolute atomic E-state index is 0.0596. The predicted molar refractivity (Wildman–Crippen MR) is 59.2 cm³/mol. The number of aromatic nitrogens is 2. The van der Waals surface area contributed by atoms with Crippen LogP contribution >= 0.6 is 0 Å². The van der Waals surface area contributed by atoms with Crippen LogP contribution in [-0.4, -0.2) is 15.7 Å². The van der Waals surface area contributed by atoms with Gasteiger partial charge in [-0.1, -0.05) is 5.57 Å². The molecule has 4 heteroatoms. The lowest BCUT2D eigenvalue weighted by Gasteiger charge is -2.04. The SMILES string of the molecule is CC(C)=CC(=O)NCc1c(C)cnn1C. The Morgan fingerprint density at radius 3 is 2.73 bits per heavy atom. The molecule has 0 aliphatic heterocycles. The van der Waals surface area contributed by atoms with E-state index in [1.165, 1.54) is 0 Å². The molecule has 1 amide bonds. The number of carbonyl (C=O) groups excluding carboxylic acids is 1. The van der Waals surface area contributed by atoms with Crippen molar-refractivity contribution in [3.8, 4) is 0 Å². The fraction of sp³-hybridized carbons (Fsp3) is 0.455. The average molecular weight is 207 g/mol. The quantitative estimate of drug-likeness (QED) is 0.760. The fourth-order valence-electron chi connectivity index (χ4n) is 1.31. The van der Waals surface area contributed by atoms with Gasteiger partial charge in [0.1, 0.15) is 0 Å². The van der Waals surface area contributed by atoms with Crippen molar-refractivity contribution in [3.05, 3.63) is 29.1 Å². The molecule has 0 saturated carbocycles. The summed E-state index contributed by atoms with van der Waals surface area (Å²) < 4.78 is 1.78. The number of nitrogens with one attached hydrogen (secondary N) is 1. The van der Waals surface area contributed by atoms with E-state index in [2.05, 4.69) is 10.4 Å². The molecule has 0 bridgehead atoms. The maximum atomic E-state index is 11.4. The minimum Gasteiger partial charge on any atom is -0.347 e. The molecule has 15 heavy (non-hydrogen) atoms. The Balaban J connectivity index is 2.58. The van der Waals surface area contributed by atoms with Crippen molar-refractivity contribution in [1.29, 1.82) is 0 Å². The first-order valence-corrected chi connectivity index (χ1v) is 4.91. The molecule has 1 aromatic rings. The van der Waals surface area contributed by atoms with Gasteiger partial charge in [0.25, 0.3) is 0 Å². The highest BCUT2D eigenvalue weighted by Crippen LogP contribution is 2.04. The lowest BCUT2D eigenvalue weighted by molar-refractivity contribution is -0.116. The van der Waals surface area contributed by atoms with E-state index >= 15 is 0 Å². The Bertz CT molecular complexity index is 367. The van der Waals surface area contributed by atoms with Gasteiger partial charge in [0, 0.05) is 13.1 Å². The zero-order chi connectivity index (χ0) is 11.4. The maximum Gasteiger partial charge on any atom is 0.244 e. The molecule has 0 aliphatic carbocycles. The summed E-state index contributed by atoms with van der Waals surface area (Å²) in [5.74, 6) is -0.0596. The van der Waals surface area contributed by atoms with Crippen LogP contribution in [0.3, 0.4) is 0 Å². The molecule has 0 aliphatic rings. The van der Waals surface area contributed by atoms with E-state index in [-0.39, 0.29) is 5.91 Å². The van der Waals surface area contributed by atoms with Crippen LogP contribution < -0.4 is 5.32 Å². The Morgan fingerprint density at radius 2 is 2.27 bits per heavy atom. The summed E-state index contributed by atoms with van der Waals surface area (Å²) >= 11 is 0. The highest BCUT2D eigenvalue weighted by atomic mass is 16.1. The van der Waals surface area contributed by atoms with Gasteiger partial charge in [-0.3, -0.25) is 9.48 Å². The van der Waals surface area contributed by atoms with Gasteiger partial charge in [-0.15, -0.1) is 0 Å². The van der Waals surface area contributed by atoms with Crippen molar-refractivity contribution in [1.82, 2.24) is 15.1 Å². The standard InChI is InChI=1S/C11H17N3O/c1-8(2)5-11(15)12-7-10-9(3)6-13-14(10)4/h5-6H,7H2,1-4H3,(H,12,15). The second-order valence-corrected chi connectivity index (χ2v) is 3.84. The zero-order valence-corrected chi connectivity index (χ0v) is 9.66. The Morgan fingerprint density at radius 1 is 1.60 bits per heavy atom. The van der Waals surface area contributed by atoms with Gasteiger partial charge < -0.3 is 5.32 Å². The first-order valence-electron chi connectivity index (χ1n) is 4.91. The zero-order valence-electron chi connectivity index (χ0n) is 9.66. The molecule has 1 rings (SSSR count). The number of hydrogen-bond acceptors (Lipinski definition) is 2. The molecule has 0 aromatic carbocycles. The van der Waals surface area contributed by atoms with Crippen molar-refractivity contribution in [3.63, 3.8) is 0 Å². The first kappa shape index (κ1) is 11.5. The molecule has 1 heterocycles. The van der Waals surface area contributed by atoms with Crippen LogP contribution in [0.15, 0.2) is 17.8 Å². The van der Waals surface area contributed by atoms with Crippen LogP contribution in [-0.2, 0) is 18.4 Å². The third-order valence-electron chi connectivity index (χ3n) is 2.12. The highest BCUT2D eigenvalue weighted by Gasteiger charge is 2.04. The van der Waals surface area contributed by atoms with Crippen LogP contribution in [0.5, 0.6) is 0 Å². The van der Waals surface area contributed by atoms with Gasteiger partial charge in [0.2, 0.25) is 5.91 Å². The van der Waals surface area contributed by atoms with Crippen molar-refractivity contribution in [2.24, 2.45) is 7.05 Å². The molecule has 4 nitrogen and oxygen atoms in total. The van der Waals surface area contributed by atoms with Crippen molar-refractivity contribution in [2.75, 3.05) is 0 Å². The van der Waals surface area contributed by atoms with E-state index in [1.807, 2.05) is 27.8 Å². The summed E-state index contributed by atoms with van der Waals surface area (Å²) in [4.78, 5) is 11.4. The van der Waals surface area contributed by atoms with E-state index in [0.717, 1.165) is 16.8 Å². The van der Waals surface area contributed by atoms with Crippen LogP contribution in [0.1, 0.15) is 25.1 Å². The second kappa shape index (κ2) is 4.77. The molecule has 0 spiro atoms. The lowest BCUT2D eigenvalue weighted by Crippen LogP contribution is -2.22. The number of aryl methyl sites for hydroxylation is 2. The van der Waals surface area contributed by atoms with E-state index in [4.69, 9.17) is 0 Å². The summed E-state index contributed by atoms with van der Waals surface area (Å²) in [6, 6.07) is 0. The lowest BCUT2D eigenvalue weighted by atomic mass is 10.2. The highest BCUT2D eigenvalue weighted by molar-refractivity contribution is 5.87. The molecular weight excluding hydrogens is 190 g/mol. The van der Waals surface area contributed by atoms with Crippen LogP contribution in [0.25, 0.3) is 0 Å². The maximum absolute atomic E-state index is 11.4. The number of rotatable bonds is 3. The monoisotopic (exact) mass is 207 g/mol. The van der Waals surface area contributed by atoms with Crippen LogP contribution in [0, 0.1) is 6.92 Å². The van der Waals surface area contributed by atoms with Gasteiger partial charge in [0.05, 0.1) is 18.4 Å². The summed E-state index contributed by atoms with van der Waals surface area (Å²) in [5.41, 5.74) is 3.12. The van der Waals surface area contributed by atoms with E-state index in [9.17, 15) is 4.79 Å². The van der Waals surface area contributed by atoms with E-state index in [0.29, 0.717) is 6.54 Å². The van der Waals surface area contributed by atoms with E-state index in [1.54, 1.807) is 17.0 Å². The van der Waals surface area contributed by atoms with Crippen molar-refractivity contribution < 1.29 is 4.79 Å². The fourth-order valence-corrected chi connectivity index (χ4v) is 1.31. The number of amides is 1. The van der Waals surface area contributed by atoms with Gasteiger partial charge in [-0.25, -0.2) is 0 Å². The number of hydrogen-bond donors (Lipinski definition) is 1. The molecule has 1 N–H and O–H groups in total. The van der Waals surface area contributed by atoms with Gasteiger partial charge in [-0.05, 0) is 26.3 Å². The topological polar surface area (TPSA) is 46.9 Å². The van der Waals surface area contributed by atoms with Crippen molar-refractivity contribution in [2.45, 2.75) is 27.3 Å². The largest absolute Gasteiger partial charge is 0.347 e. The summed E-state index contributed by atoms with van der Waals surface area (Å²) in [6.45, 7) is 6.30. The number of carbonyl (C=O) groups is 1. The molecule has 0 unspecified atom stereocenters. The molecule has 0 radical (unpaired) electrons. The normalized spacial score (nSPS) is 9.87. The molecule has 0 fully saturated rings. The first-order chi connectivity index (χ1) is 7.00. The molecule has 0 atom stereocenters. The van der Waals surface area contributed by atoms with Gasteiger partial charge in [-0.2, -0.15) is 5.10 Å². The third-order valence-corrected chi connectivity index (χ3v) is 2.12. The summed E-state index contributed by atoms with van der Waals surface area (Å²) in [5, 5.41) is 6.93. The summed E-state index contributed by atoms with van der Waals surface area (Å²) in [7, 11) is 1.87. The number of nitrogens with zero attached hydrogens (tertiary/aromatic N) is 2. The Kier molecular flexibility index (Phi) is 3.66. The molecule has 82 valence electrons. The predicted octanol–water partition coefficient (Wildman–Crippen LogP) is 1.31. The smallest absolute Gasteiger partial charge is 0.244 e. The van der Waals surface area contributed by atoms with Crippen molar-refractivity contribution >= 4 is 5.91 Å². The van der Waals surface area contributed by atoms with Gasteiger partial charge >= 0.3 is 0 Å². The van der Waals surface area contributed by atoms with Gasteiger partial charge in [0.15, 0.2) is 0 Å². The number of allylic oxidation sites excluding steroid dienone is 1. The Hall–Kier alpha value is -1.58. The third kappa shape index (κ3) is 3.23. The molecule has 1 aromatic heterocycles. The Labute approximate surface area is 90.0 Å². The molecular formula is C11H17N3O. The average Bonchev–Trinajstić information content (AvgIpc) is 2.42.